The summed E-state index contributed by atoms with van der Waals surface area (Å²) in [7, 11) is 0. The molecule has 0 saturated carbocycles. The van der Waals surface area contributed by atoms with Crippen LogP contribution >= 0.6 is 12.2 Å². The molecule has 3 rings (SSSR count). The lowest BCUT2D eigenvalue weighted by molar-refractivity contribution is -0.274. The van der Waals surface area contributed by atoms with Crippen molar-refractivity contribution in [3.8, 4) is 22.7 Å². The van der Waals surface area contributed by atoms with Gasteiger partial charge >= 0.3 is 6.36 Å². The molecular weight excluding hydrogens is 337 g/mol. The monoisotopic (exact) mass is 348 g/mol. The Bertz CT molecular complexity index is 890. The fraction of sp³-hybridized carbons (Fsp3) is 0.0588. The van der Waals surface area contributed by atoms with Crippen molar-refractivity contribution in [2.45, 2.75) is 6.36 Å². The lowest BCUT2D eigenvalue weighted by Gasteiger charge is -2.11. The molecule has 3 nitrogen and oxygen atoms in total. The van der Waals surface area contributed by atoms with Crippen molar-refractivity contribution in [1.82, 2.24) is 9.55 Å². The fourth-order valence-electron chi connectivity index (χ4n) is 2.18. The molecule has 1 aromatic heterocycles. The Morgan fingerprint density at radius 1 is 0.917 bits per heavy atom. The topological polar surface area (TPSA) is 27.1 Å². The van der Waals surface area contributed by atoms with E-state index in [0.717, 1.165) is 11.3 Å². The molecule has 0 N–H and O–H groups in total. The summed E-state index contributed by atoms with van der Waals surface area (Å²) in [6.45, 7) is 0. The molecule has 0 radical (unpaired) electrons. The third kappa shape index (κ3) is 3.80. The number of nitrogens with zero attached hydrogens (tertiary/aromatic N) is 2. The van der Waals surface area contributed by atoms with Gasteiger partial charge in [0.15, 0.2) is 0 Å². The Morgan fingerprint density at radius 3 is 2.17 bits per heavy atom. The van der Waals surface area contributed by atoms with Crippen LogP contribution in [0.15, 0.2) is 66.9 Å². The van der Waals surface area contributed by atoms with Gasteiger partial charge in [0.25, 0.3) is 0 Å². The Labute approximate surface area is 141 Å². The molecule has 0 atom stereocenters. The van der Waals surface area contributed by atoms with Crippen LogP contribution in [0.3, 0.4) is 0 Å². The summed E-state index contributed by atoms with van der Waals surface area (Å²) in [6, 6.07) is 16.8. The number of ether oxygens (including phenoxy) is 1. The van der Waals surface area contributed by atoms with Gasteiger partial charge in [0.05, 0.1) is 5.69 Å². The van der Waals surface area contributed by atoms with Crippen LogP contribution < -0.4 is 4.74 Å². The van der Waals surface area contributed by atoms with Gasteiger partial charge in [-0.25, -0.2) is 4.98 Å². The second-order valence-electron chi connectivity index (χ2n) is 4.87. The molecule has 1 heterocycles. The first-order valence-corrected chi connectivity index (χ1v) is 7.34. The molecule has 7 heteroatoms. The van der Waals surface area contributed by atoms with Crippen molar-refractivity contribution in [2.24, 2.45) is 0 Å². The molecule has 3 aromatic rings. The van der Waals surface area contributed by atoms with Crippen LogP contribution in [0.2, 0.25) is 0 Å². The molecular formula is C17H11F3N2OS. The summed E-state index contributed by atoms with van der Waals surface area (Å²) >= 11 is 5.28. The molecule has 0 unspecified atom stereocenters. The van der Waals surface area contributed by atoms with Crippen LogP contribution in [-0.2, 0) is 0 Å². The minimum atomic E-state index is -4.71. The van der Waals surface area contributed by atoms with E-state index in [9.17, 15) is 13.2 Å². The maximum absolute atomic E-state index is 12.2. The molecule has 0 fully saturated rings. The van der Waals surface area contributed by atoms with Gasteiger partial charge in [0.1, 0.15) is 5.75 Å². The summed E-state index contributed by atoms with van der Waals surface area (Å²) in [4.78, 5) is 4.37. The zero-order valence-corrected chi connectivity index (χ0v) is 13.0. The number of halogens is 3. The quantitative estimate of drug-likeness (QED) is 0.611. The first kappa shape index (κ1) is 16.2. The maximum atomic E-state index is 12.2. The lowest BCUT2D eigenvalue weighted by atomic mass is 10.1. The minimum absolute atomic E-state index is 0.286. The smallest absolute Gasteiger partial charge is 0.406 e. The van der Waals surface area contributed by atoms with Crippen LogP contribution in [-0.4, -0.2) is 15.9 Å². The third-order valence-electron chi connectivity index (χ3n) is 3.22. The van der Waals surface area contributed by atoms with Crippen LogP contribution in [0.4, 0.5) is 13.2 Å². The predicted octanol–water partition coefficient (Wildman–Crippen LogP) is 5.17. The third-order valence-corrected chi connectivity index (χ3v) is 3.51. The molecule has 0 aliphatic carbocycles. The minimum Gasteiger partial charge on any atom is -0.406 e. The molecule has 0 spiro atoms. The largest absolute Gasteiger partial charge is 0.573 e. The average molecular weight is 348 g/mol. The zero-order valence-electron chi connectivity index (χ0n) is 12.2. The highest BCUT2D eigenvalue weighted by molar-refractivity contribution is 7.71. The SMILES string of the molecule is FC(F)(F)Oc1ccc(-n2ccc(-c3ccccc3)nc2=S)cc1. The number of rotatable bonds is 3. The molecule has 0 aliphatic rings. The highest BCUT2D eigenvalue weighted by Crippen LogP contribution is 2.24. The Morgan fingerprint density at radius 2 is 1.58 bits per heavy atom. The van der Waals surface area contributed by atoms with E-state index in [0.29, 0.717) is 10.5 Å². The van der Waals surface area contributed by atoms with Crippen molar-refractivity contribution in [2.75, 3.05) is 0 Å². The van der Waals surface area contributed by atoms with E-state index in [4.69, 9.17) is 12.2 Å². The van der Waals surface area contributed by atoms with E-state index in [2.05, 4.69) is 9.72 Å². The zero-order chi connectivity index (χ0) is 17.2. The number of alkyl halides is 3. The van der Waals surface area contributed by atoms with Crippen LogP contribution in [0, 0.1) is 4.77 Å². The Balaban J connectivity index is 1.89. The second-order valence-corrected chi connectivity index (χ2v) is 5.24. The first-order chi connectivity index (χ1) is 11.4. The summed E-state index contributed by atoms with van der Waals surface area (Å²) in [5.41, 5.74) is 2.26. The number of hydrogen-bond acceptors (Lipinski definition) is 3. The van der Waals surface area contributed by atoms with E-state index >= 15 is 0 Å². The van der Waals surface area contributed by atoms with E-state index in [1.165, 1.54) is 24.3 Å². The van der Waals surface area contributed by atoms with E-state index in [1.54, 1.807) is 16.8 Å². The van der Waals surface area contributed by atoms with Gasteiger partial charge in [0, 0.05) is 17.4 Å². The number of aromatic nitrogens is 2. The van der Waals surface area contributed by atoms with Crippen LogP contribution in [0.5, 0.6) is 5.75 Å². The van der Waals surface area contributed by atoms with Crippen molar-refractivity contribution < 1.29 is 17.9 Å². The van der Waals surface area contributed by atoms with Gasteiger partial charge < -0.3 is 4.74 Å². The highest BCUT2D eigenvalue weighted by atomic mass is 32.1. The van der Waals surface area contributed by atoms with Crippen LogP contribution in [0.1, 0.15) is 0 Å². The standard InChI is InChI=1S/C17H11F3N2OS/c18-17(19,20)23-14-8-6-13(7-9-14)22-11-10-15(21-16(22)24)12-4-2-1-3-5-12/h1-11H. The van der Waals surface area contributed by atoms with Gasteiger partial charge in [-0.2, -0.15) is 0 Å². The van der Waals surface area contributed by atoms with Gasteiger partial charge in [-0.1, -0.05) is 30.3 Å². The van der Waals surface area contributed by atoms with Crippen LogP contribution in [0.25, 0.3) is 16.9 Å². The maximum Gasteiger partial charge on any atom is 0.573 e. The van der Waals surface area contributed by atoms with Crippen molar-refractivity contribution in [3.05, 3.63) is 71.6 Å². The summed E-state index contributed by atoms with van der Waals surface area (Å²) in [6.07, 6.45) is -2.98. The molecule has 24 heavy (non-hydrogen) atoms. The lowest BCUT2D eigenvalue weighted by Crippen LogP contribution is -2.17. The summed E-state index contributed by atoms with van der Waals surface area (Å²) in [5.74, 6) is -0.286. The number of benzene rings is 2. The summed E-state index contributed by atoms with van der Waals surface area (Å²) in [5, 5.41) is 0. The number of hydrogen-bond donors (Lipinski definition) is 0. The van der Waals surface area contributed by atoms with Crippen molar-refractivity contribution >= 4 is 12.2 Å². The average Bonchev–Trinajstić information content (AvgIpc) is 2.55. The van der Waals surface area contributed by atoms with Gasteiger partial charge in [-0.3, -0.25) is 4.57 Å². The highest BCUT2D eigenvalue weighted by Gasteiger charge is 2.30. The van der Waals surface area contributed by atoms with E-state index < -0.39 is 6.36 Å². The Hall–Kier alpha value is -2.67. The van der Waals surface area contributed by atoms with Crippen molar-refractivity contribution in [3.63, 3.8) is 0 Å². The molecule has 0 saturated heterocycles. The second kappa shape index (κ2) is 6.45. The molecule has 122 valence electrons. The normalized spacial score (nSPS) is 11.3. The predicted molar refractivity (Wildman–Crippen MR) is 86.5 cm³/mol. The molecule has 0 bridgehead atoms. The molecule has 2 aromatic carbocycles. The first-order valence-electron chi connectivity index (χ1n) is 6.94. The Kier molecular flexibility index (Phi) is 4.35. The van der Waals surface area contributed by atoms with Gasteiger partial charge in [-0.15, -0.1) is 13.2 Å². The van der Waals surface area contributed by atoms with E-state index in [1.807, 2.05) is 30.3 Å². The van der Waals surface area contributed by atoms with Gasteiger partial charge in [0.2, 0.25) is 4.77 Å². The molecule has 0 aliphatic heterocycles. The van der Waals surface area contributed by atoms with E-state index in [-0.39, 0.29) is 5.75 Å². The van der Waals surface area contributed by atoms with Crippen molar-refractivity contribution in [1.29, 1.82) is 0 Å². The van der Waals surface area contributed by atoms with Gasteiger partial charge in [-0.05, 0) is 42.5 Å². The molecule has 0 amide bonds. The fourth-order valence-corrected chi connectivity index (χ4v) is 2.44. The summed E-state index contributed by atoms with van der Waals surface area (Å²) < 4.78 is 42.3.